The average molecular weight is 248 g/mol. The number of rotatable bonds is 5. The predicted octanol–water partition coefficient (Wildman–Crippen LogP) is 3.59. The van der Waals surface area contributed by atoms with Gasteiger partial charge in [0.1, 0.15) is 5.75 Å². The maximum atomic E-state index is 5.74. The van der Waals surface area contributed by atoms with Gasteiger partial charge in [0.05, 0.1) is 7.11 Å². The molecular formula is C10H13Cl2OSi. The molecule has 0 saturated carbocycles. The highest BCUT2D eigenvalue weighted by atomic mass is 35.7. The zero-order chi connectivity index (χ0) is 10.4. The molecule has 0 aromatic heterocycles. The highest BCUT2D eigenvalue weighted by molar-refractivity contribution is 7.33. The summed E-state index contributed by atoms with van der Waals surface area (Å²) in [5, 5.41) is 0. The van der Waals surface area contributed by atoms with Crippen LogP contribution >= 0.6 is 22.2 Å². The van der Waals surface area contributed by atoms with Crippen molar-refractivity contribution in [3.05, 3.63) is 29.8 Å². The lowest BCUT2D eigenvalue weighted by atomic mass is 10.1. The maximum absolute atomic E-state index is 5.74. The van der Waals surface area contributed by atoms with Gasteiger partial charge in [-0.15, -0.1) is 22.2 Å². The van der Waals surface area contributed by atoms with Crippen LogP contribution in [0.25, 0.3) is 0 Å². The lowest BCUT2D eigenvalue weighted by molar-refractivity contribution is 0.414. The normalized spacial score (nSPS) is 10.6. The van der Waals surface area contributed by atoms with Crippen molar-refractivity contribution in [3.63, 3.8) is 0 Å². The zero-order valence-electron chi connectivity index (χ0n) is 8.09. The highest BCUT2D eigenvalue weighted by Gasteiger charge is 2.02. The van der Waals surface area contributed by atoms with E-state index in [9.17, 15) is 0 Å². The fraction of sp³-hybridized carbons (Fsp3) is 0.400. The Morgan fingerprint density at radius 3 is 2.36 bits per heavy atom. The summed E-state index contributed by atoms with van der Waals surface area (Å²) in [6, 6.07) is 9.05. The number of hydrogen-bond donors (Lipinski definition) is 0. The molecule has 14 heavy (non-hydrogen) atoms. The Kier molecular flexibility index (Phi) is 5.37. The van der Waals surface area contributed by atoms with E-state index < -0.39 is 7.42 Å². The second-order valence-corrected chi connectivity index (χ2v) is 7.54. The van der Waals surface area contributed by atoms with E-state index in [1.165, 1.54) is 5.56 Å². The van der Waals surface area contributed by atoms with Crippen molar-refractivity contribution in [2.24, 2.45) is 0 Å². The largest absolute Gasteiger partial charge is 0.497 e. The van der Waals surface area contributed by atoms with Gasteiger partial charge in [-0.05, 0) is 36.6 Å². The van der Waals surface area contributed by atoms with E-state index in [1.807, 2.05) is 12.1 Å². The van der Waals surface area contributed by atoms with Crippen molar-refractivity contribution < 1.29 is 4.74 Å². The molecule has 0 saturated heterocycles. The number of halogens is 2. The zero-order valence-corrected chi connectivity index (χ0v) is 10.6. The molecule has 0 bridgehead atoms. The van der Waals surface area contributed by atoms with E-state index in [1.54, 1.807) is 7.11 Å². The summed E-state index contributed by atoms with van der Waals surface area (Å²) >= 11 is 11.5. The number of aryl methyl sites for hydroxylation is 1. The Balaban J connectivity index is 2.36. The van der Waals surface area contributed by atoms with Crippen LogP contribution in [0.4, 0.5) is 0 Å². The molecule has 0 fully saturated rings. The minimum atomic E-state index is -1.10. The van der Waals surface area contributed by atoms with E-state index >= 15 is 0 Å². The molecule has 0 aliphatic rings. The summed E-state index contributed by atoms with van der Waals surface area (Å²) in [5.74, 6) is 0.896. The monoisotopic (exact) mass is 247 g/mol. The SMILES string of the molecule is COc1ccc(CCC[Si](Cl)Cl)cc1. The van der Waals surface area contributed by atoms with Crippen LogP contribution in [-0.2, 0) is 6.42 Å². The van der Waals surface area contributed by atoms with Crippen LogP contribution < -0.4 is 4.74 Å². The fourth-order valence-corrected chi connectivity index (χ4v) is 2.46. The van der Waals surface area contributed by atoms with Crippen LogP contribution in [0.1, 0.15) is 12.0 Å². The van der Waals surface area contributed by atoms with Crippen molar-refractivity contribution in [3.8, 4) is 5.75 Å². The molecule has 0 heterocycles. The van der Waals surface area contributed by atoms with Crippen molar-refractivity contribution in [2.75, 3.05) is 7.11 Å². The van der Waals surface area contributed by atoms with E-state index in [0.29, 0.717) is 0 Å². The molecule has 0 spiro atoms. The summed E-state index contributed by atoms with van der Waals surface area (Å²) in [6.07, 6.45) is 2.10. The second kappa shape index (κ2) is 6.33. The first-order chi connectivity index (χ1) is 6.72. The third-order valence-corrected chi connectivity index (χ3v) is 3.86. The van der Waals surface area contributed by atoms with Gasteiger partial charge >= 0.3 is 0 Å². The van der Waals surface area contributed by atoms with Gasteiger partial charge < -0.3 is 4.74 Å². The van der Waals surface area contributed by atoms with E-state index in [4.69, 9.17) is 26.9 Å². The molecule has 1 nitrogen and oxygen atoms in total. The topological polar surface area (TPSA) is 9.23 Å². The smallest absolute Gasteiger partial charge is 0.273 e. The Bertz CT molecular complexity index is 261. The number of methoxy groups -OCH3 is 1. The molecule has 0 N–H and O–H groups in total. The average Bonchev–Trinajstić information content (AvgIpc) is 2.18. The van der Waals surface area contributed by atoms with Gasteiger partial charge in [0.15, 0.2) is 0 Å². The molecule has 4 heteroatoms. The number of ether oxygens (including phenoxy) is 1. The van der Waals surface area contributed by atoms with Crippen molar-refractivity contribution in [1.82, 2.24) is 0 Å². The molecular weight excluding hydrogens is 235 g/mol. The van der Waals surface area contributed by atoms with Gasteiger partial charge in [0, 0.05) is 0 Å². The summed E-state index contributed by atoms with van der Waals surface area (Å²) < 4.78 is 5.07. The Morgan fingerprint density at radius 1 is 1.21 bits per heavy atom. The number of benzene rings is 1. The van der Waals surface area contributed by atoms with E-state index in [2.05, 4.69) is 12.1 Å². The molecule has 1 aromatic carbocycles. The van der Waals surface area contributed by atoms with Gasteiger partial charge in [-0.2, -0.15) is 0 Å². The highest BCUT2D eigenvalue weighted by Crippen LogP contribution is 2.15. The first-order valence-electron chi connectivity index (χ1n) is 4.52. The molecule has 0 aliphatic carbocycles. The quantitative estimate of drug-likeness (QED) is 0.571. The summed E-state index contributed by atoms with van der Waals surface area (Å²) in [7, 11) is 0.574. The standard InChI is InChI=1S/C10H13Cl2OSi/c1-13-10-6-4-9(5-7-10)3-2-8-14(11)12/h4-7H,2-3,8H2,1H3. The Labute approximate surface area is 96.0 Å². The van der Waals surface area contributed by atoms with Crippen molar-refractivity contribution in [2.45, 2.75) is 18.9 Å². The van der Waals surface area contributed by atoms with E-state index in [0.717, 1.165) is 24.6 Å². The lowest BCUT2D eigenvalue weighted by Gasteiger charge is -2.03. The third-order valence-electron chi connectivity index (χ3n) is 1.99. The van der Waals surface area contributed by atoms with Gasteiger partial charge in [-0.25, -0.2) is 0 Å². The van der Waals surface area contributed by atoms with E-state index in [-0.39, 0.29) is 0 Å². The summed E-state index contributed by atoms with van der Waals surface area (Å²) in [4.78, 5) is 0. The van der Waals surface area contributed by atoms with Crippen LogP contribution in [0, 0.1) is 0 Å². The first kappa shape index (κ1) is 11.9. The van der Waals surface area contributed by atoms with Crippen LogP contribution in [0.3, 0.4) is 0 Å². The van der Waals surface area contributed by atoms with Gasteiger partial charge in [-0.3, -0.25) is 0 Å². The molecule has 0 aliphatic heterocycles. The minimum Gasteiger partial charge on any atom is -0.497 e. The van der Waals surface area contributed by atoms with Crippen LogP contribution in [0.2, 0.25) is 6.04 Å². The van der Waals surface area contributed by atoms with Gasteiger partial charge in [0.2, 0.25) is 0 Å². The molecule has 0 unspecified atom stereocenters. The minimum absolute atomic E-state index is 0.896. The molecule has 77 valence electrons. The number of hydrogen-bond acceptors (Lipinski definition) is 1. The third kappa shape index (κ3) is 4.36. The Morgan fingerprint density at radius 2 is 1.86 bits per heavy atom. The van der Waals surface area contributed by atoms with Crippen LogP contribution in [0.15, 0.2) is 24.3 Å². The molecule has 1 aromatic rings. The molecule has 0 amide bonds. The predicted molar refractivity (Wildman–Crippen MR) is 63.6 cm³/mol. The van der Waals surface area contributed by atoms with Crippen molar-refractivity contribution in [1.29, 1.82) is 0 Å². The molecule has 1 rings (SSSR count). The Hall–Kier alpha value is -0.183. The molecule has 0 atom stereocenters. The second-order valence-electron chi connectivity index (χ2n) is 3.04. The van der Waals surface area contributed by atoms with Crippen molar-refractivity contribution >= 4 is 29.6 Å². The van der Waals surface area contributed by atoms with Gasteiger partial charge in [0.25, 0.3) is 7.42 Å². The first-order valence-corrected chi connectivity index (χ1v) is 8.25. The maximum Gasteiger partial charge on any atom is 0.273 e. The molecule has 1 radical (unpaired) electrons. The van der Waals surface area contributed by atoms with Gasteiger partial charge in [-0.1, -0.05) is 12.1 Å². The summed E-state index contributed by atoms with van der Waals surface area (Å²) in [6.45, 7) is 0. The van der Waals surface area contributed by atoms with Crippen LogP contribution in [0.5, 0.6) is 5.75 Å². The summed E-state index contributed by atoms with van der Waals surface area (Å²) in [5.41, 5.74) is 1.31. The van der Waals surface area contributed by atoms with Crippen LogP contribution in [-0.4, -0.2) is 14.5 Å². The lowest BCUT2D eigenvalue weighted by Crippen LogP contribution is -1.93. The fourth-order valence-electron chi connectivity index (χ4n) is 1.22.